The quantitative estimate of drug-likeness (QED) is 0.511. The number of hydrogen-bond acceptors (Lipinski definition) is 4. The van der Waals surface area contributed by atoms with Gasteiger partial charge in [0.2, 0.25) is 0 Å². The summed E-state index contributed by atoms with van der Waals surface area (Å²) in [6, 6.07) is 11.9. The first-order valence-electron chi connectivity index (χ1n) is 9.03. The van der Waals surface area contributed by atoms with E-state index in [1.165, 1.54) is 0 Å². The van der Waals surface area contributed by atoms with E-state index in [0.29, 0.717) is 18.0 Å². The Morgan fingerprint density at radius 3 is 2.45 bits per heavy atom. The third-order valence-electron chi connectivity index (χ3n) is 4.97. The number of ether oxygens (including phenoxy) is 2. The lowest BCUT2D eigenvalue weighted by Crippen LogP contribution is -2.23. The Hall–Kier alpha value is -2.94. The van der Waals surface area contributed by atoms with Gasteiger partial charge in [-0.15, -0.1) is 0 Å². The number of aryl methyl sites for hydroxylation is 1. The van der Waals surface area contributed by atoms with Gasteiger partial charge < -0.3 is 14.0 Å². The molecule has 0 saturated carbocycles. The van der Waals surface area contributed by atoms with Gasteiger partial charge in [0.15, 0.2) is 22.7 Å². The lowest BCUT2D eigenvalue weighted by atomic mass is 10.1. The van der Waals surface area contributed by atoms with Gasteiger partial charge in [-0.1, -0.05) is 12.1 Å². The second-order valence-electron chi connectivity index (χ2n) is 6.71. The Morgan fingerprint density at radius 1 is 1.10 bits per heavy atom. The molecule has 0 spiro atoms. The number of nitrogens with two attached hydrogens (primary N) is 1. The highest BCUT2D eigenvalue weighted by Crippen LogP contribution is 2.36. The van der Waals surface area contributed by atoms with E-state index in [1.807, 2.05) is 42.6 Å². The average molecular weight is 410 g/mol. The van der Waals surface area contributed by atoms with E-state index >= 15 is 0 Å². The zero-order valence-electron chi connectivity index (χ0n) is 16.4. The third kappa shape index (κ3) is 3.57. The highest BCUT2D eigenvalue weighted by atomic mass is 32.2. The van der Waals surface area contributed by atoms with Gasteiger partial charge in [0.25, 0.3) is 0 Å². The lowest BCUT2D eigenvalue weighted by Gasteiger charge is -2.12. The van der Waals surface area contributed by atoms with E-state index in [-0.39, 0.29) is 0 Å². The fourth-order valence-corrected chi connectivity index (χ4v) is 3.82. The van der Waals surface area contributed by atoms with Crippen molar-refractivity contribution in [3.05, 3.63) is 59.9 Å². The summed E-state index contributed by atoms with van der Waals surface area (Å²) >= 11 is -1.53. The molecule has 2 aromatic carbocycles. The third-order valence-corrected chi connectivity index (χ3v) is 5.40. The van der Waals surface area contributed by atoms with Crippen LogP contribution in [0.3, 0.4) is 0 Å². The molecule has 2 aromatic heterocycles. The second-order valence-corrected chi connectivity index (χ2v) is 7.60. The molecule has 8 heteroatoms. The summed E-state index contributed by atoms with van der Waals surface area (Å²) in [5.74, 6) is 1.31. The van der Waals surface area contributed by atoms with Crippen LogP contribution in [0.5, 0.6) is 11.5 Å². The van der Waals surface area contributed by atoms with Crippen molar-refractivity contribution in [2.75, 3.05) is 14.2 Å². The van der Waals surface area contributed by atoms with Crippen molar-refractivity contribution in [2.45, 2.75) is 13.5 Å². The van der Waals surface area contributed by atoms with E-state index in [4.69, 9.17) is 14.6 Å². The Labute approximate surface area is 171 Å². The lowest BCUT2D eigenvalue weighted by molar-refractivity contribution is 0.356. The number of pyridine rings is 1. The molecule has 0 aliphatic heterocycles. The first kappa shape index (κ1) is 19.4. The SMILES string of the molecule is COc1cc2ncc3c(C)cn(-c4ccc(CNS(N)=O)cc4)c3c2cc1OC. The second kappa shape index (κ2) is 7.82. The number of rotatable bonds is 6. The number of nitrogens with one attached hydrogen (secondary N) is 1. The molecule has 150 valence electrons. The van der Waals surface area contributed by atoms with Gasteiger partial charge in [0, 0.05) is 41.5 Å². The summed E-state index contributed by atoms with van der Waals surface area (Å²) in [5, 5.41) is 7.32. The monoisotopic (exact) mass is 410 g/mol. The normalized spacial score (nSPS) is 12.4. The molecule has 0 saturated heterocycles. The predicted molar refractivity (Wildman–Crippen MR) is 116 cm³/mol. The van der Waals surface area contributed by atoms with Gasteiger partial charge in [-0.05, 0) is 36.2 Å². The van der Waals surface area contributed by atoms with Crippen molar-refractivity contribution in [2.24, 2.45) is 5.14 Å². The van der Waals surface area contributed by atoms with E-state index in [2.05, 4.69) is 27.4 Å². The van der Waals surface area contributed by atoms with Crippen LogP contribution in [0, 0.1) is 6.92 Å². The van der Waals surface area contributed by atoms with Crippen molar-refractivity contribution < 1.29 is 13.7 Å². The molecule has 7 nitrogen and oxygen atoms in total. The van der Waals surface area contributed by atoms with Gasteiger partial charge >= 0.3 is 0 Å². The molecule has 1 atom stereocenters. The summed E-state index contributed by atoms with van der Waals surface area (Å²) in [6.45, 7) is 2.51. The zero-order chi connectivity index (χ0) is 20.5. The summed E-state index contributed by atoms with van der Waals surface area (Å²) in [4.78, 5) is 4.62. The first-order chi connectivity index (χ1) is 14.0. The van der Waals surface area contributed by atoms with E-state index < -0.39 is 11.2 Å². The minimum atomic E-state index is -1.53. The Balaban J connectivity index is 1.88. The number of methoxy groups -OCH3 is 2. The summed E-state index contributed by atoms with van der Waals surface area (Å²) in [6.07, 6.45) is 3.99. The average Bonchev–Trinajstić information content (AvgIpc) is 3.08. The molecule has 0 bridgehead atoms. The van der Waals surface area contributed by atoms with Crippen molar-refractivity contribution in [1.82, 2.24) is 14.3 Å². The molecule has 2 heterocycles. The summed E-state index contributed by atoms with van der Waals surface area (Å²) < 4.78 is 26.8. The molecule has 0 aliphatic carbocycles. The maximum atomic E-state index is 11.0. The topological polar surface area (TPSA) is 91.4 Å². The van der Waals surface area contributed by atoms with E-state index in [0.717, 1.165) is 38.6 Å². The highest BCUT2D eigenvalue weighted by Gasteiger charge is 2.15. The molecule has 1 unspecified atom stereocenters. The maximum Gasteiger partial charge on any atom is 0.164 e. The smallest absolute Gasteiger partial charge is 0.164 e. The van der Waals surface area contributed by atoms with Crippen LogP contribution >= 0.6 is 0 Å². The van der Waals surface area contributed by atoms with Crippen LogP contribution in [-0.2, 0) is 17.7 Å². The van der Waals surface area contributed by atoms with Crippen LogP contribution in [0.1, 0.15) is 11.1 Å². The highest BCUT2D eigenvalue weighted by molar-refractivity contribution is 7.80. The van der Waals surface area contributed by atoms with Crippen LogP contribution in [0.2, 0.25) is 0 Å². The van der Waals surface area contributed by atoms with Crippen LogP contribution in [0.25, 0.3) is 27.5 Å². The largest absolute Gasteiger partial charge is 0.493 e. The standard InChI is InChI=1S/C21H22N4O3S/c1-13-12-25(15-6-4-14(5-7-15)10-24-29(22)26)21-16-8-19(27-2)20(28-3)9-18(16)23-11-17(13)21/h4-9,11-12,24H,10,22H2,1-3H3. The fourth-order valence-electron chi connectivity index (χ4n) is 3.51. The van der Waals surface area contributed by atoms with Crippen molar-refractivity contribution in [3.8, 4) is 17.2 Å². The molecule has 0 fully saturated rings. The first-order valence-corrected chi connectivity index (χ1v) is 10.2. The minimum Gasteiger partial charge on any atom is -0.493 e. The molecular formula is C21H22N4O3S. The summed E-state index contributed by atoms with van der Waals surface area (Å²) in [7, 11) is 3.24. The Bertz CT molecular complexity index is 1220. The molecule has 29 heavy (non-hydrogen) atoms. The van der Waals surface area contributed by atoms with E-state index in [9.17, 15) is 4.21 Å². The molecule has 3 N–H and O–H groups in total. The molecule has 4 aromatic rings. The Morgan fingerprint density at radius 2 is 1.79 bits per heavy atom. The predicted octanol–water partition coefficient (Wildman–Crippen LogP) is 3.13. The molecule has 0 amide bonds. The zero-order valence-corrected chi connectivity index (χ0v) is 17.2. The number of hydrogen-bond donors (Lipinski definition) is 2. The van der Waals surface area contributed by atoms with E-state index in [1.54, 1.807) is 14.2 Å². The van der Waals surface area contributed by atoms with Crippen LogP contribution in [0.15, 0.2) is 48.8 Å². The van der Waals surface area contributed by atoms with Gasteiger partial charge in [-0.3, -0.25) is 4.98 Å². The van der Waals surface area contributed by atoms with Gasteiger partial charge in [-0.2, -0.15) is 0 Å². The van der Waals surface area contributed by atoms with Crippen molar-refractivity contribution in [1.29, 1.82) is 0 Å². The van der Waals surface area contributed by atoms with Gasteiger partial charge in [-0.25, -0.2) is 14.1 Å². The van der Waals surface area contributed by atoms with Crippen LogP contribution < -0.4 is 19.3 Å². The minimum absolute atomic E-state index is 0.443. The molecular weight excluding hydrogens is 388 g/mol. The molecule has 4 rings (SSSR count). The van der Waals surface area contributed by atoms with Gasteiger partial charge in [0.1, 0.15) is 0 Å². The maximum absolute atomic E-state index is 11.0. The summed E-state index contributed by atoms with van der Waals surface area (Å²) in [5.41, 5.74) is 5.04. The fraction of sp³-hybridized carbons (Fsp3) is 0.190. The number of fused-ring (bicyclic) bond motifs is 3. The molecule has 0 radical (unpaired) electrons. The van der Waals surface area contributed by atoms with Crippen LogP contribution in [0.4, 0.5) is 0 Å². The molecule has 0 aliphatic rings. The van der Waals surface area contributed by atoms with Crippen LogP contribution in [-0.4, -0.2) is 28.0 Å². The van der Waals surface area contributed by atoms with Gasteiger partial charge in [0.05, 0.1) is 25.3 Å². The number of aromatic nitrogens is 2. The number of nitrogens with zero attached hydrogens (tertiary/aromatic N) is 2. The van der Waals surface area contributed by atoms with Crippen molar-refractivity contribution in [3.63, 3.8) is 0 Å². The Kier molecular flexibility index (Phi) is 5.23. The van der Waals surface area contributed by atoms with Crippen molar-refractivity contribution >= 4 is 33.0 Å². The number of benzene rings is 2.